The fourth-order valence-corrected chi connectivity index (χ4v) is 3.29. The molecule has 0 aliphatic heterocycles. The van der Waals surface area contributed by atoms with Gasteiger partial charge in [0.2, 0.25) is 5.91 Å². The van der Waals surface area contributed by atoms with Crippen molar-refractivity contribution in [2.45, 2.75) is 20.0 Å². The molecule has 0 aliphatic carbocycles. The number of hydrogen-bond acceptors (Lipinski definition) is 4. The quantitative estimate of drug-likeness (QED) is 0.520. The minimum Gasteiger partial charge on any atom is -0.366 e. The smallest absolute Gasteiger partial charge is 0.252 e. The molecule has 4 aromatic rings. The number of pyridine rings is 1. The van der Waals surface area contributed by atoms with E-state index < -0.39 is 5.91 Å². The summed E-state index contributed by atoms with van der Waals surface area (Å²) in [7, 11) is 0. The number of fused-ring (bicyclic) bond motifs is 1. The average molecular weight is 399 g/mol. The number of nitrogens with two attached hydrogens (primary N) is 1. The molecule has 7 heteroatoms. The van der Waals surface area contributed by atoms with Gasteiger partial charge in [-0.25, -0.2) is 9.67 Å². The molecule has 0 spiro atoms. The van der Waals surface area contributed by atoms with E-state index >= 15 is 0 Å². The van der Waals surface area contributed by atoms with Gasteiger partial charge in [0.05, 0.1) is 22.8 Å². The van der Waals surface area contributed by atoms with Crippen LogP contribution in [0.1, 0.15) is 33.2 Å². The summed E-state index contributed by atoms with van der Waals surface area (Å²) in [6, 6.07) is 18.4. The van der Waals surface area contributed by atoms with Crippen LogP contribution in [0.15, 0.2) is 66.9 Å². The predicted octanol–water partition coefficient (Wildman–Crippen LogP) is 3.15. The number of carbonyl (C=O) groups excluding carboxylic acids is 2. The van der Waals surface area contributed by atoms with E-state index in [-0.39, 0.29) is 5.91 Å². The number of aromatic nitrogens is 3. The number of nitrogens with one attached hydrogen (secondary N) is 1. The van der Waals surface area contributed by atoms with Crippen molar-refractivity contribution in [2.24, 2.45) is 5.73 Å². The standard InChI is InChI=1S/C23H21N5O2/c1-2-28-22-19(14-26-28)18(12-20(27-22)16-6-4-3-5-7-16)23(30)25-13-15-8-10-17(11-9-15)21(24)29/h3-12,14H,2,13H2,1H3,(H2,24,29)(H,25,30). The molecule has 2 aromatic heterocycles. The molecular formula is C23H21N5O2. The van der Waals surface area contributed by atoms with Crippen molar-refractivity contribution in [3.05, 3.63) is 83.6 Å². The van der Waals surface area contributed by atoms with Crippen LogP contribution in [-0.4, -0.2) is 26.6 Å². The van der Waals surface area contributed by atoms with Crippen molar-refractivity contribution in [3.8, 4) is 11.3 Å². The molecule has 30 heavy (non-hydrogen) atoms. The maximum atomic E-state index is 13.0. The summed E-state index contributed by atoms with van der Waals surface area (Å²) in [4.78, 5) is 29.0. The number of rotatable bonds is 6. The Hall–Kier alpha value is -4.00. The second kappa shape index (κ2) is 8.16. The second-order valence-corrected chi connectivity index (χ2v) is 6.86. The Morgan fingerprint density at radius 1 is 1.07 bits per heavy atom. The van der Waals surface area contributed by atoms with Gasteiger partial charge in [-0.05, 0) is 30.7 Å². The number of aryl methyl sites for hydroxylation is 1. The molecule has 3 N–H and O–H groups in total. The number of amides is 2. The Labute approximate surface area is 173 Å². The number of benzene rings is 2. The van der Waals surface area contributed by atoms with Gasteiger partial charge in [0.15, 0.2) is 5.65 Å². The van der Waals surface area contributed by atoms with Crippen molar-refractivity contribution in [2.75, 3.05) is 0 Å². The van der Waals surface area contributed by atoms with Gasteiger partial charge in [0.25, 0.3) is 5.91 Å². The zero-order valence-corrected chi connectivity index (χ0v) is 16.5. The second-order valence-electron chi connectivity index (χ2n) is 6.86. The molecule has 150 valence electrons. The molecule has 0 radical (unpaired) electrons. The number of primary amides is 1. The normalized spacial score (nSPS) is 10.8. The van der Waals surface area contributed by atoms with E-state index in [1.807, 2.05) is 37.3 Å². The van der Waals surface area contributed by atoms with Gasteiger partial charge in [0, 0.05) is 24.2 Å². The van der Waals surface area contributed by atoms with Crippen molar-refractivity contribution in [1.82, 2.24) is 20.1 Å². The highest BCUT2D eigenvalue weighted by atomic mass is 16.2. The first kappa shape index (κ1) is 19.3. The van der Waals surface area contributed by atoms with Crippen LogP contribution in [0.2, 0.25) is 0 Å². The molecule has 2 aromatic carbocycles. The van der Waals surface area contributed by atoms with Gasteiger partial charge in [-0.3, -0.25) is 9.59 Å². The van der Waals surface area contributed by atoms with Crippen molar-refractivity contribution in [3.63, 3.8) is 0 Å². The van der Waals surface area contributed by atoms with Crippen LogP contribution in [0.4, 0.5) is 0 Å². The summed E-state index contributed by atoms with van der Waals surface area (Å²) in [6.45, 7) is 2.96. The minimum absolute atomic E-state index is 0.214. The fourth-order valence-electron chi connectivity index (χ4n) is 3.29. The van der Waals surface area contributed by atoms with Crippen LogP contribution in [0, 0.1) is 0 Å². The van der Waals surface area contributed by atoms with Crippen LogP contribution in [-0.2, 0) is 13.1 Å². The molecule has 0 unspecified atom stereocenters. The molecule has 0 saturated carbocycles. The van der Waals surface area contributed by atoms with Crippen molar-refractivity contribution >= 4 is 22.8 Å². The first-order valence-corrected chi connectivity index (χ1v) is 9.65. The largest absolute Gasteiger partial charge is 0.366 e. The Balaban J connectivity index is 1.65. The third-order valence-corrected chi connectivity index (χ3v) is 4.91. The summed E-state index contributed by atoms with van der Waals surface area (Å²) in [5.74, 6) is -0.694. The van der Waals surface area contributed by atoms with Crippen molar-refractivity contribution < 1.29 is 9.59 Å². The predicted molar refractivity (Wildman–Crippen MR) is 115 cm³/mol. The Morgan fingerprint density at radius 2 is 1.80 bits per heavy atom. The van der Waals surface area contributed by atoms with Gasteiger partial charge in [-0.15, -0.1) is 0 Å². The molecule has 0 atom stereocenters. The molecule has 0 aliphatic rings. The molecule has 4 rings (SSSR count). The first-order chi connectivity index (χ1) is 14.6. The van der Waals surface area contributed by atoms with E-state index in [2.05, 4.69) is 10.4 Å². The van der Waals surface area contributed by atoms with Gasteiger partial charge in [0.1, 0.15) is 0 Å². The average Bonchev–Trinajstić information content (AvgIpc) is 3.20. The fraction of sp³-hybridized carbons (Fsp3) is 0.130. The molecular weight excluding hydrogens is 378 g/mol. The third kappa shape index (κ3) is 3.77. The van der Waals surface area contributed by atoms with Crippen molar-refractivity contribution in [1.29, 1.82) is 0 Å². The Bertz CT molecular complexity index is 1210. The summed E-state index contributed by atoms with van der Waals surface area (Å²) in [5, 5.41) is 8.02. The van der Waals surface area contributed by atoms with E-state index in [1.54, 1.807) is 41.2 Å². The number of hydrogen-bond donors (Lipinski definition) is 2. The molecule has 7 nitrogen and oxygen atoms in total. The highest BCUT2D eigenvalue weighted by molar-refractivity contribution is 6.06. The van der Waals surface area contributed by atoms with Gasteiger partial charge < -0.3 is 11.1 Å². The monoisotopic (exact) mass is 399 g/mol. The lowest BCUT2D eigenvalue weighted by molar-refractivity contribution is 0.0950. The van der Waals surface area contributed by atoms with E-state index in [9.17, 15) is 9.59 Å². The summed E-state index contributed by atoms with van der Waals surface area (Å²) >= 11 is 0. The van der Waals surface area contributed by atoms with Gasteiger partial charge in [-0.1, -0.05) is 42.5 Å². The van der Waals surface area contributed by atoms with Gasteiger partial charge in [-0.2, -0.15) is 5.10 Å². The minimum atomic E-state index is -0.480. The van der Waals surface area contributed by atoms with Crippen LogP contribution in [0.25, 0.3) is 22.3 Å². The van der Waals surface area contributed by atoms with Crippen LogP contribution in [0.5, 0.6) is 0 Å². The molecule has 2 amide bonds. The van der Waals surface area contributed by atoms with E-state index in [0.717, 1.165) is 11.1 Å². The SMILES string of the molecule is CCn1ncc2c(C(=O)NCc3ccc(C(N)=O)cc3)cc(-c3ccccc3)nc21. The lowest BCUT2D eigenvalue weighted by atomic mass is 10.1. The Morgan fingerprint density at radius 3 is 2.47 bits per heavy atom. The van der Waals surface area contributed by atoms with Crippen LogP contribution in [0.3, 0.4) is 0 Å². The summed E-state index contributed by atoms with van der Waals surface area (Å²) in [6.07, 6.45) is 1.68. The third-order valence-electron chi connectivity index (χ3n) is 4.91. The summed E-state index contributed by atoms with van der Waals surface area (Å²) < 4.78 is 1.78. The molecule has 0 saturated heterocycles. The highest BCUT2D eigenvalue weighted by Crippen LogP contribution is 2.25. The zero-order chi connectivity index (χ0) is 21.1. The Kier molecular flexibility index (Phi) is 5.26. The highest BCUT2D eigenvalue weighted by Gasteiger charge is 2.17. The number of nitrogens with zero attached hydrogens (tertiary/aromatic N) is 3. The maximum absolute atomic E-state index is 13.0. The first-order valence-electron chi connectivity index (χ1n) is 9.65. The lowest BCUT2D eigenvalue weighted by Crippen LogP contribution is -2.23. The zero-order valence-electron chi connectivity index (χ0n) is 16.5. The van der Waals surface area contributed by atoms with Crippen LogP contribution < -0.4 is 11.1 Å². The number of carbonyl (C=O) groups is 2. The molecule has 0 bridgehead atoms. The molecule has 0 fully saturated rings. The maximum Gasteiger partial charge on any atom is 0.252 e. The lowest BCUT2D eigenvalue weighted by Gasteiger charge is -2.10. The van der Waals surface area contributed by atoms with E-state index in [0.29, 0.717) is 40.9 Å². The molecule has 2 heterocycles. The summed E-state index contributed by atoms with van der Waals surface area (Å²) in [5.41, 5.74) is 9.41. The van der Waals surface area contributed by atoms with E-state index in [1.165, 1.54) is 0 Å². The van der Waals surface area contributed by atoms with Crippen LogP contribution >= 0.6 is 0 Å². The topological polar surface area (TPSA) is 103 Å². The van der Waals surface area contributed by atoms with Gasteiger partial charge >= 0.3 is 0 Å². The van der Waals surface area contributed by atoms with E-state index in [4.69, 9.17) is 10.7 Å².